The normalized spacial score (nSPS) is 10.3. The van der Waals surface area contributed by atoms with Crippen molar-refractivity contribution < 1.29 is 29.4 Å². The molecule has 0 aliphatic heterocycles. The van der Waals surface area contributed by atoms with Gasteiger partial charge in [0.1, 0.15) is 0 Å². The van der Waals surface area contributed by atoms with Crippen LogP contribution in [-0.4, -0.2) is 39.7 Å². The summed E-state index contributed by atoms with van der Waals surface area (Å²) in [4.78, 5) is 48.2. The van der Waals surface area contributed by atoms with Gasteiger partial charge in [0.05, 0.1) is 28.1 Å². The van der Waals surface area contributed by atoms with Gasteiger partial charge in [0.15, 0.2) is 0 Å². The Bertz CT molecular complexity index is 1250. The molecule has 0 spiro atoms. The Morgan fingerprint density at radius 3 is 2.27 bits per heavy atom. The molecule has 0 atom stereocenters. The zero-order valence-electron chi connectivity index (χ0n) is 16.9. The van der Waals surface area contributed by atoms with Crippen LogP contribution in [0, 0.1) is 0 Å². The number of amides is 2. The number of carbonyl (C=O) groups is 4. The van der Waals surface area contributed by atoms with Crippen molar-refractivity contribution in [3.8, 4) is 0 Å². The van der Waals surface area contributed by atoms with E-state index in [1.165, 1.54) is 17.8 Å². The van der Waals surface area contributed by atoms with Gasteiger partial charge in [-0.1, -0.05) is 18.2 Å². The lowest BCUT2D eigenvalue weighted by Gasteiger charge is -2.10. The number of halogens is 1. The molecule has 0 saturated heterocycles. The molecule has 0 fully saturated rings. The molecule has 3 rings (SSSR count). The zero-order valence-corrected chi connectivity index (χ0v) is 19.3. The summed E-state index contributed by atoms with van der Waals surface area (Å²) in [5.41, 5.74) is 0.241. The van der Waals surface area contributed by atoms with Crippen molar-refractivity contribution in [1.29, 1.82) is 0 Å². The Kier molecular flexibility index (Phi) is 7.86. The second kappa shape index (κ2) is 10.8. The number of para-hydroxylation sites is 1. The van der Waals surface area contributed by atoms with E-state index in [1.54, 1.807) is 30.3 Å². The second-order valence-electron chi connectivity index (χ2n) is 6.67. The van der Waals surface area contributed by atoms with Crippen LogP contribution in [0.15, 0.2) is 76.1 Å². The Labute approximate surface area is 201 Å². The van der Waals surface area contributed by atoms with Gasteiger partial charge in [-0.15, -0.1) is 11.8 Å². The number of benzene rings is 3. The summed E-state index contributed by atoms with van der Waals surface area (Å²) in [5.74, 6) is -3.47. The van der Waals surface area contributed by atoms with E-state index in [2.05, 4.69) is 26.6 Å². The van der Waals surface area contributed by atoms with Gasteiger partial charge in [-0.25, -0.2) is 9.59 Å². The first-order chi connectivity index (χ1) is 15.7. The number of aromatic carboxylic acids is 2. The molecule has 3 aromatic carbocycles. The van der Waals surface area contributed by atoms with Gasteiger partial charge in [-0.2, -0.15) is 0 Å². The molecule has 0 radical (unpaired) electrons. The Morgan fingerprint density at radius 2 is 1.58 bits per heavy atom. The molecule has 10 heteroatoms. The summed E-state index contributed by atoms with van der Waals surface area (Å²) in [6.45, 7) is 0. The second-order valence-corrected chi connectivity index (χ2v) is 8.57. The molecule has 0 aliphatic rings. The van der Waals surface area contributed by atoms with Crippen LogP contribution in [0.25, 0.3) is 0 Å². The first-order valence-electron chi connectivity index (χ1n) is 9.44. The van der Waals surface area contributed by atoms with Crippen molar-refractivity contribution in [2.45, 2.75) is 4.90 Å². The lowest BCUT2D eigenvalue weighted by molar-refractivity contribution is -0.113. The highest BCUT2D eigenvalue weighted by atomic mass is 79.9. The molecule has 0 aromatic heterocycles. The molecule has 0 bridgehead atoms. The first-order valence-corrected chi connectivity index (χ1v) is 11.2. The molecular weight excluding hydrogens is 512 g/mol. The summed E-state index contributed by atoms with van der Waals surface area (Å²) < 4.78 is 0.769. The zero-order chi connectivity index (χ0) is 24.0. The maximum absolute atomic E-state index is 12.6. The van der Waals surface area contributed by atoms with Crippen LogP contribution < -0.4 is 10.6 Å². The average Bonchev–Trinajstić information content (AvgIpc) is 2.79. The fourth-order valence-corrected chi connectivity index (χ4v) is 3.95. The minimum absolute atomic E-state index is 0.137. The van der Waals surface area contributed by atoms with Crippen LogP contribution in [0.1, 0.15) is 31.1 Å². The lowest BCUT2D eigenvalue weighted by Crippen LogP contribution is -2.17. The Hall–Kier alpha value is -3.63. The molecule has 4 N–H and O–H groups in total. The number of rotatable bonds is 8. The molecular formula is C23H17BrN2O6S. The third-order valence-electron chi connectivity index (χ3n) is 4.35. The molecule has 0 aliphatic carbocycles. The van der Waals surface area contributed by atoms with Gasteiger partial charge < -0.3 is 20.8 Å². The van der Waals surface area contributed by atoms with E-state index in [-0.39, 0.29) is 22.8 Å². The molecule has 33 heavy (non-hydrogen) atoms. The van der Waals surface area contributed by atoms with Crippen molar-refractivity contribution >= 4 is 62.8 Å². The van der Waals surface area contributed by atoms with Crippen molar-refractivity contribution in [3.63, 3.8) is 0 Å². The minimum atomic E-state index is -1.41. The van der Waals surface area contributed by atoms with Crippen LogP contribution in [0.5, 0.6) is 0 Å². The van der Waals surface area contributed by atoms with E-state index in [4.69, 9.17) is 5.11 Å². The number of anilines is 2. The standard InChI is InChI=1S/C23H17BrN2O6S/c24-18-6-1-2-7-19(18)26-20(27)12-33-15-5-3-4-14(11-15)25-21(28)16-9-8-13(22(29)30)10-17(16)23(31)32/h1-11H,12H2,(H,25,28)(H,26,27)(H,29,30)(H,31,32). The molecule has 0 unspecified atom stereocenters. The minimum Gasteiger partial charge on any atom is -0.478 e. The highest BCUT2D eigenvalue weighted by Gasteiger charge is 2.19. The van der Waals surface area contributed by atoms with E-state index in [0.29, 0.717) is 11.4 Å². The van der Waals surface area contributed by atoms with Gasteiger partial charge >= 0.3 is 11.9 Å². The lowest BCUT2D eigenvalue weighted by atomic mass is 10.0. The van der Waals surface area contributed by atoms with Crippen LogP contribution in [0.4, 0.5) is 11.4 Å². The van der Waals surface area contributed by atoms with Crippen molar-refractivity contribution in [1.82, 2.24) is 0 Å². The quantitative estimate of drug-likeness (QED) is 0.307. The van der Waals surface area contributed by atoms with E-state index in [0.717, 1.165) is 21.5 Å². The fourth-order valence-electron chi connectivity index (χ4n) is 2.81. The number of thioether (sulfide) groups is 1. The van der Waals surface area contributed by atoms with Gasteiger partial charge in [-0.05, 0) is 64.5 Å². The number of hydrogen-bond donors (Lipinski definition) is 4. The topological polar surface area (TPSA) is 133 Å². The smallest absolute Gasteiger partial charge is 0.336 e. The molecule has 3 aromatic rings. The van der Waals surface area contributed by atoms with Crippen molar-refractivity contribution in [2.75, 3.05) is 16.4 Å². The average molecular weight is 529 g/mol. The molecule has 0 heterocycles. The summed E-state index contributed by atoms with van der Waals surface area (Å²) in [6.07, 6.45) is 0. The number of nitrogens with one attached hydrogen (secondary N) is 2. The fraction of sp³-hybridized carbons (Fsp3) is 0.0435. The largest absolute Gasteiger partial charge is 0.478 e. The highest BCUT2D eigenvalue weighted by molar-refractivity contribution is 9.10. The van der Waals surface area contributed by atoms with Crippen molar-refractivity contribution in [2.24, 2.45) is 0 Å². The SMILES string of the molecule is O=C(CSc1cccc(NC(=O)c2ccc(C(=O)O)cc2C(=O)O)c1)Nc1ccccc1Br. The molecule has 8 nitrogen and oxygen atoms in total. The monoisotopic (exact) mass is 528 g/mol. The highest BCUT2D eigenvalue weighted by Crippen LogP contribution is 2.25. The van der Waals surface area contributed by atoms with Crippen LogP contribution in [-0.2, 0) is 4.79 Å². The van der Waals surface area contributed by atoms with E-state index in [1.807, 2.05) is 18.2 Å². The number of carbonyl (C=O) groups excluding carboxylic acids is 2. The van der Waals surface area contributed by atoms with E-state index in [9.17, 15) is 24.3 Å². The first kappa shape index (κ1) is 24.0. The predicted octanol–water partition coefficient (Wildman–Crippen LogP) is 4.83. The van der Waals surface area contributed by atoms with Crippen LogP contribution in [0.2, 0.25) is 0 Å². The van der Waals surface area contributed by atoms with Gasteiger partial charge in [0.2, 0.25) is 5.91 Å². The van der Waals surface area contributed by atoms with Crippen LogP contribution >= 0.6 is 27.7 Å². The van der Waals surface area contributed by atoms with Gasteiger partial charge in [0.25, 0.3) is 5.91 Å². The number of carboxylic acids is 2. The summed E-state index contributed by atoms with van der Waals surface area (Å²) in [7, 11) is 0. The maximum atomic E-state index is 12.6. The van der Waals surface area contributed by atoms with Crippen LogP contribution in [0.3, 0.4) is 0 Å². The Morgan fingerprint density at radius 1 is 0.818 bits per heavy atom. The van der Waals surface area contributed by atoms with Gasteiger partial charge in [-0.3, -0.25) is 9.59 Å². The number of carboxylic acid groups (broad SMARTS) is 2. The maximum Gasteiger partial charge on any atom is 0.336 e. The predicted molar refractivity (Wildman–Crippen MR) is 128 cm³/mol. The Balaban J connectivity index is 1.67. The molecule has 2 amide bonds. The summed E-state index contributed by atoms with van der Waals surface area (Å²) in [5, 5.41) is 23.8. The van der Waals surface area contributed by atoms with E-state index >= 15 is 0 Å². The van der Waals surface area contributed by atoms with Crippen molar-refractivity contribution in [3.05, 3.63) is 87.9 Å². The summed E-state index contributed by atoms with van der Waals surface area (Å²) in [6, 6.07) is 17.2. The summed E-state index contributed by atoms with van der Waals surface area (Å²) >= 11 is 4.64. The van der Waals surface area contributed by atoms with E-state index < -0.39 is 23.4 Å². The third-order valence-corrected chi connectivity index (χ3v) is 6.04. The number of hydrogen-bond acceptors (Lipinski definition) is 5. The van der Waals surface area contributed by atoms with Gasteiger partial charge in [0, 0.05) is 15.1 Å². The molecule has 168 valence electrons. The molecule has 0 saturated carbocycles. The third kappa shape index (κ3) is 6.43.